The molecule has 7 nitrogen and oxygen atoms in total. The number of benzene rings is 3. The SMILES string of the molecule is Cc1ccc(-c2nc(-c3ccccc3)nc(-c3ccc(S(N)(=O)=O)cc3)n2)c(O)c1. The molecule has 0 saturated heterocycles. The van der Waals surface area contributed by atoms with E-state index in [9.17, 15) is 13.5 Å². The summed E-state index contributed by atoms with van der Waals surface area (Å²) in [5.74, 6) is 1.16. The maximum Gasteiger partial charge on any atom is 0.238 e. The van der Waals surface area contributed by atoms with Crippen molar-refractivity contribution in [2.24, 2.45) is 5.14 Å². The first-order valence-corrected chi connectivity index (χ1v) is 10.6. The van der Waals surface area contributed by atoms with Crippen molar-refractivity contribution >= 4 is 10.0 Å². The largest absolute Gasteiger partial charge is 0.507 e. The normalized spacial score (nSPS) is 11.4. The number of aromatic hydroxyl groups is 1. The highest BCUT2D eigenvalue weighted by Crippen LogP contribution is 2.30. The molecule has 1 aromatic heterocycles. The summed E-state index contributed by atoms with van der Waals surface area (Å²) in [4.78, 5) is 13.6. The number of aromatic nitrogens is 3. The second-order valence-corrected chi connectivity index (χ2v) is 8.32. The molecular weight excluding hydrogens is 400 g/mol. The van der Waals surface area contributed by atoms with Gasteiger partial charge in [-0.25, -0.2) is 28.5 Å². The van der Waals surface area contributed by atoms with Crippen molar-refractivity contribution in [3.8, 4) is 39.9 Å². The summed E-state index contributed by atoms with van der Waals surface area (Å²) >= 11 is 0. The first kappa shape index (κ1) is 19.7. The first-order valence-electron chi connectivity index (χ1n) is 9.06. The molecule has 0 aliphatic carbocycles. The predicted molar refractivity (Wildman–Crippen MR) is 114 cm³/mol. The number of phenols is 1. The summed E-state index contributed by atoms with van der Waals surface area (Å²) in [6.07, 6.45) is 0. The van der Waals surface area contributed by atoms with Crippen LogP contribution in [0, 0.1) is 6.92 Å². The summed E-state index contributed by atoms with van der Waals surface area (Å²) in [6.45, 7) is 1.88. The van der Waals surface area contributed by atoms with E-state index in [-0.39, 0.29) is 10.6 Å². The van der Waals surface area contributed by atoms with Crippen LogP contribution in [-0.4, -0.2) is 28.5 Å². The monoisotopic (exact) mass is 418 g/mol. The summed E-state index contributed by atoms with van der Waals surface area (Å²) in [6, 6.07) is 20.6. The van der Waals surface area contributed by atoms with Crippen molar-refractivity contribution in [2.75, 3.05) is 0 Å². The lowest BCUT2D eigenvalue weighted by molar-refractivity contribution is 0.476. The van der Waals surface area contributed by atoms with Crippen LogP contribution in [0.3, 0.4) is 0 Å². The molecule has 30 heavy (non-hydrogen) atoms. The molecule has 3 aromatic carbocycles. The molecule has 4 aromatic rings. The van der Waals surface area contributed by atoms with E-state index >= 15 is 0 Å². The molecular formula is C22H18N4O3S. The number of sulfonamides is 1. The van der Waals surface area contributed by atoms with Gasteiger partial charge in [0.25, 0.3) is 0 Å². The van der Waals surface area contributed by atoms with Crippen LogP contribution < -0.4 is 5.14 Å². The lowest BCUT2D eigenvalue weighted by Crippen LogP contribution is -2.11. The van der Waals surface area contributed by atoms with E-state index in [4.69, 9.17) is 5.14 Å². The lowest BCUT2D eigenvalue weighted by Gasteiger charge is -2.10. The second-order valence-electron chi connectivity index (χ2n) is 6.76. The number of hydrogen-bond donors (Lipinski definition) is 2. The van der Waals surface area contributed by atoms with Gasteiger partial charge < -0.3 is 5.11 Å². The Morgan fingerprint density at radius 1 is 0.767 bits per heavy atom. The van der Waals surface area contributed by atoms with Crippen molar-refractivity contribution < 1.29 is 13.5 Å². The van der Waals surface area contributed by atoms with E-state index in [1.165, 1.54) is 12.1 Å². The Morgan fingerprint density at radius 3 is 1.90 bits per heavy atom. The Labute approximate surface area is 174 Å². The molecule has 0 spiro atoms. The number of primary sulfonamides is 1. The minimum atomic E-state index is -3.80. The minimum absolute atomic E-state index is 0.00000791. The van der Waals surface area contributed by atoms with Gasteiger partial charge in [-0.1, -0.05) is 36.4 Å². The van der Waals surface area contributed by atoms with Gasteiger partial charge in [-0.3, -0.25) is 0 Å². The average molecular weight is 418 g/mol. The molecule has 0 aliphatic rings. The van der Waals surface area contributed by atoms with Crippen LogP contribution in [0.4, 0.5) is 0 Å². The van der Waals surface area contributed by atoms with E-state index in [1.54, 1.807) is 24.3 Å². The Balaban J connectivity index is 1.90. The van der Waals surface area contributed by atoms with Crippen molar-refractivity contribution in [3.05, 3.63) is 78.4 Å². The number of phenolic OH excluding ortho intramolecular Hbond substituents is 1. The molecule has 4 rings (SSSR count). The maximum absolute atomic E-state index is 11.5. The molecule has 0 fully saturated rings. The first-order chi connectivity index (χ1) is 14.3. The van der Waals surface area contributed by atoms with E-state index in [1.807, 2.05) is 43.3 Å². The predicted octanol–water partition coefficient (Wildman–Crippen LogP) is 3.53. The van der Waals surface area contributed by atoms with Crippen LogP contribution >= 0.6 is 0 Å². The number of nitrogens with two attached hydrogens (primary N) is 1. The van der Waals surface area contributed by atoms with Crippen LogP contribution in [0.15, 0.2) is 77.7 Å². The summed E-state index contributed by atoms with van der Waals surface area (Å²) in [5, 5.41) is 15.6. The molecule has 0 bridgehead atoms. The van der Waals surface area contributed by atoms with Gasteiger partial charge in [0.15, 0.2) is 17.5 Å². The number of nitrogens with zero attached hydrogens (tertiary/aromatic N) is 3. The molecule has 0 unspecified atom stereocenters. The fourth-order valence-electron chi connectivity index (χ4n) is 2.97. The highest BCUT2D eigenvalue weighted by Gasteiger charge is 2.15. The van der Waals surface area contributed by atoms with E-state index < -0.39 is 10.0 Å². The Morgan fingerprint density at radius 2 is 1.33 bits per heavy atom. The Bertz CT molecular complexity index is 1320. The van der Waals surface area contributed by atoms with Crippen molar-refractivity contribution in [2.45, 2.75) is 11.8 Å². The molecule has 3 N–H and O–H groups in total. The zero-order valence-corrected chi connectivity index (χ0v) is 16.8. The minimum Gasteiger partial charge on any atom is -0.507 e. The number of hydrogen-bond acceptors (Lipinski definition) is 6. The Kier molecular flexibility index (Phi) is 5.03. The van der Waals surface area contributed by atoms with Gasteiger partial charge in [-0.05, 0) is 48.9 Å². The summed E-state index contributed by atoms with van der Waals surface area (Å²) in [7, 11) is -3.80. The Hall–Kier alpha value is -3.62. The molecule has 8 heteroatoms. The number of rotatable bonds is 4. The van der Waals surface area contributed by atoms with E-state index in [0.29, 0.717) is 28.6 Å². The standard InChI is InChI=1S/C22H18N4O3S/c1-14-7-12-18(19(27)13-14)22-25-20(15-5-3-2-4-6-15)24-21(26-22)16-8-10-17(11-9-16)30(23,28)29/h2-13,27H,1H3,(H2,23,28,29). The van der Waals surface area contributed by atoms with Crippen LogP contribution in [0.1, 0.15) is 5.56 Å². The van der Waals surface area contributed by atoms with Gasteiger partial charge in [0.05, 0.1) is 10.5 Å². The molecule has 0 amide bonds. The zero-order valence-electron chi connectivity index (χ0n) is 16.0. The third kappa shape index (κ3) is 4.05. The van der Waals surface area contributed by atoms with E-state index in [0.717, 1.165) is 11.1 Å². The van der Waals surface area contributed by atoms with Crippen LogP contribution in [0.2, 0.25) is 0 Å². The maximum atomic E-state index is 11.5. The van der Waals surface area contributed by atoms with Crippen LogP contribution in [0.25, 0.3) is 34.2 Å². The second kappa shape index (κ2) is 7.66. The van der Waals surface area contributed by atoms with Gasteiger partial charge in [0.2, 0.25) is 10.0 Å². The molecule has 0 aliphatic heterocycles. The van der Waals surface area contributed by atoms with Crippen molar-refractivity contribution in [1.82, 2.24) is 15.0 Å². The smallest absolute Gasteiger partial charge is 0.238 e. The van der Waals surface area contributed by atoms with Gasteiger partial charge in [0, 0.05) is 11.1 Å². The zero-order chi connectivity index (χ0) is 21.3. The highest BCUT2D eigenvalue weighted by atomic mass is 32.2. The topological polar surface area (TPSA) is 119 Å². The van der Waals surface area contributed by atoms with Crippen molar-refractivity contribution in [1.29, 1.82) is 0 Å². The number of aryl methyl sites for hydroxylation is 1. The third-order valence-corrected chi connectivity index (χ3v) is 5.43. The van der Waals surface area contributed by atoms with Crippen molar-refractivity contribution in [3.63, 3.8) is 0 Å². The van der Waals surface area contributed by atoms with E-state index in [2.05, 4.69) is 15.0 Å². The third-order valence-electron chi connectivity index (χ3n) is 4.50. The molecule has 0 saturated carbocycles. The van der Waals surface area contributed by atoms with Gasteiger partial charge >= 0.3 is 0 Å². The molecule has 150 valence electrons. The molecule has 1 heterocycles. The lowest BCUT2D eigenvalue weighted by atomic mass is 10.1. The molecule has 0 radical (unpaired) electrons. The molecule has 0 atom stereocenters. The summed E-state index contributed by atoms with van der Waals surface area (Å²) < 4.78 is 23.1. The quantitative estimate of drug-likeness (QED) is 0.523. The van der Waals surface area contributed by atoms with Gasteiger partial charge in [0.1, 0.15) is 5.75 Å². The average Bonchev–Trinajstić information content (AvgIpc) is 2.73. The fraction of sp³-hybridized carbons (Fsp3) is 0.0455. The highest BCUT2D eigenvalue weighted by molar-refractivity contribution is 7.89. The van der Waals surface area contributed by atoms with Crippen LogP contribution in [0.5, 0.6) is 5.75 Å². The fourth-order valence-corrected chi connectivity index (χ4v) is 3.48. The van der Waals surface area contributed by atoms with Gasteiger partial charge in [-0.15, -0.1) is 0 Å². The van der Waals surface area contributed by atoms with Gasteiger partial charge in [-0.2, -0.15) is 0 Å². The summed E-state index contributed by atoms with van der Waals surface area (Å²) in [5.41, 5.74) is 2.76. The van der Waals surface area contributed by atoms with Crippen LogP contribution in [-0.2, 0) is 10.0 Å².